The maximum Gasteiger partial charge on any atom is 0.274 e. The van der Waals surface area contributed by atoms with E-state index in [1.807, 2.05) is 55.8 Å². The van der Waals surface area contributed by atoms with E-state index in [1.54, 1.807) is 33.2 Å². The third-order valence-corrected chi connectivity index (χ3v) is 8.98. The van der Waals surface area contributed by atoms with E-state index in [2.05, 4.69) is 28.2 Å². The van der Waals surface area contributed by atoms with Crippen LogP contribution in [-0.2, 0) is 18.3 Å². The van der Waals surface area contributed by atoms with Gasteiger partial charge in [0.1, 0.15) is 22.7 Å². The van der Waals surface area contributed by atoms with Crippen molar-refractivity contribution < 1.29 is 19.4 Å². The lowest BCUT2D eigenvalue weighted by atomic mass is 9.99. The number of carbonyl (C=O) groups excluding carboxylic acids is 1. The Kier molecular flexibility index (Phi) is 9.52. The zero-order valence-corrected chi connectivity index (χ0v) is 29.4. The number of rotatable bonds is 10. The summed E-state index contributed by atoms with van der Waals surface area (Å²) in [6, 6.07) is 11.8. The Balaban J connectivity index is 1.62. The van der Waals surface area contributed by atoms with Gasteiger partial charge in [-0.3, -0.25) is 19.2 Å². The fourth-order valence-electron chi connectivity index (χ4n) is 6.42. The number of hydrogen-bond donors (Lipinski definition) is 3. The van der Waals surface area contributed by atoms with Crippen LogP contribution in [0.2, 0.25) is 0 Å². The van der Waals surface area contributed by atoms with E-state index in [0.29, 0.717) is 34.5 Å². The SMILES string of the molecule is CCNC(=O)c1cc2c(-c3cc4c(cc3Oc3c(C)cccc3C)c(/C(C)=C\CN3CCOCC3)nn4CC(C)(C)O)cn(C)c(=O)c2[nH]1. The number of aryl methyl sites for hydroxylation is 3. The number of para-hydroxylation sites is 1. The molecule has 3 N–H and O–H groups in total. The molecule has 2 aromatic carbocycles. The lowest BCUT2D eigenvalue weighted by Crippen LogP contribution is -2.36. The number of morpholine rings is 1. The van der Waals surface area contributed by atoms with E-state index < -0.39 is 5.60 Å². The van der Waals surface area contributed by atoms with E-state index in [4.69, 9.17) is 14.6 Å². The number of carbonyl (C=O) groups is 1. The summed E-state index contributed by atoms with van der Waals surface area (Å²) in [4.78, 5) is 31.7. The number of ether oxygens (including phenoxy) is 2. The number of aromatic nitrogens is 4. The smallest absolute Gasteiger partial charge is 0.274 e. The number of benzene rings is 2. The average Bonchev–Trinajstić information content (AvgIpc) is 3.65. The molecule has 0 radical (unpaired) electrons. The highest BCUT2D eigenvalue weighted by Crippen LogP contribution is 2.42. The Bertz CT molecular complexity index is 2100. The molecule has 6 rings (SSSR count). The minimum absolute atomic E-state index is 0.247. The van der Waals surface area contributed by atoms with Gasteiger partial charge in [0.15, 0.2) is 0 Å². The molecule has 258 valence electrons. The van der Waals surface area contributed by atoms with E-state index in [9.17, 15) is 14.7 Å². The summed E-state index contributed by atoms with van der Waals surface area (Å²) in [6.07, 6.45) is 3.98. The average molecular weight is 667 g/mol. The first-order chi connectivity index (χ1) is 23.3. The molecule has 5 aromatic rings. The number of nitrogens with zero attached hydrogens (tertiary/aromatic N) is 4. The molecular formula is C38H46N6O5. The quantitative estimate of drug-likeness (QED) is 0.179. The molecule has 1 aliphatic rings. The number of allylic oxidation sites excluding steroid dienone is 1. The first-order valence-corrected chi connectivity index (χ1v) is 16.8. The zero-order chi connectivity index (χ0) is 35.0. The summed E-state index contributed by atoms with van der Waals surface area (Å²) < 4.78 is 15.7. The molecule has 0 atom stereocenters. The minimum Gasteiger partial charge on any atom is -0.456 e. The second-order valence-corrected chi connectivity index (χ2v) is 13.6. The van der Waals surface area contributed by atoms with Gasteiger partial charge in [0, 0.05) is 61.3 Å². The number of aliphatic hydroxyl groups is 1. The monoisotopic (exact) mass is 666 g/mol. The summed E-state index contributed by atoms with van der Waals surface area (Å²) in [5, 5.41) is 20.3. The molecule has 11 nitrogen and oxygen atoms in total. The van der Waals surface area contributed by atoms with E-state index in [1.165, 1.54) is 4.57 Å². The Morgan fingerprint density at radius 1 is 1.12 bits per heavy atom. The first-order valence-electron chi connectivity index (χ1n) is 16.8. The molecule has 1 saturated heterocycles. The van der Waals surface area contributed by atoms with Crippen LogP contribution < -0.4 is 15.6 Å². The highest BCUT2D eigenvalue weighted by atomic mass is 16.5. The van der Waals surface area contributed by atoms with E-state index in [-0.39, 0.29) is 18.0 Å². The molecule has 0 saturated carbocycles. The van der Waals surface area contributed by atoms with E-state index in [0.717, 1.165) is 77.5 Å². The third kappa shape index (κ3) is 7.05. The Morgan fingerprint density at radius 2 is 1.84 bits per heavy atom. The van der Waals surface area contributed by atoms with Crippen LogP contribution >= 0.6 is 0 Å². The number of amides is 1. The minimum atomic E-state index is -1.04. The summed E-state index contributed by atoms with van der Waals surface area (Å²) in [5.41, 5.74) is 5.36. The predicted molar refractivity (Wildman–Crippen MR) is 193 cm³/mol. The van der Waals surface area contributed by atoms with Crippen molar-refractivity contribution in [3.8, 4) is 22.6 Å². The molecule has 1 aliphatic heterocycles. The van der Waals surface area contributed by atoms with Gasteiger partial charge >= 0.3 is 0 Å². The number of hydrogen-bond acceptors (Lipinski definition) is 7. The fourth-order valence-corrected chi connectivity index (χ4v) is 6.42. The molecule has 1 amide bonds. The van der Waals surface area contributed by atoms with Gasteiger partial charge in [0.2, 0.25) is 0 Å². The number of pyridine rings is 1. The van der Waals surface area contributed by atoms with Gasteiger partial charge in [-0.25, -0.2) is 0 Å². The predicted octanol–water partition coefficient (Wildman–Crippen LogP) is 5.55. The number of aromatic amines is 1. The van der Waals surface area contributed by atoms with Crippen LogP contribution in [0.1, 0.15) is 55.0 Å². The van der Waals surface area contributed by atoms with Crippen molar-refractivity contribution >= 4 is 33.3 Å². The van der Waals surface area contributed by atoms with Gasteiger partial charge in [0.05, 0.1) is 36.6 Å². The Labute approximate surface area is 286 Å². The number of nitrogens with one attached hydrogen (secondary N) is 2. The molecule has 1 fully saturated rings. The first kappa shape index (κ1) is 34.2. The molecule has 4 heterocycles. The molecule has 0 spiro atoms. The van der Waals surface area contributed by atoms with Gasteiger partial charge in [-0.05, 0) is 76.4 Å². The zero-order valence-electron chi connectivity index (χ0n) is 29.4. The number of H-pyrrole nitrogens is 1. The lowest BCUT2D eigenvalue weighted by Gasteiger charge is -2.25. The molecule has 0 unspecified atom stereocenters. The van der Waals surface area contributed by atoms with Crippen LogP contribution in [0.4, 0.5) is 0 Å². The van der Waals surface area contributed by atoms with Crippen LogP contribution in [0.5, 0.6) is 11.5 Å². The topological polar surface area (TPSA) is 127 Å². The van der Waals surface area contributed by atoms with Crippen molar-refractivity contribution in [3.05, 3.63) is 81.5 Å². The summed E-state index contributed by atoms with van der Waals surface area (Å²) in [5.74, 6) is 1.03. The van der Waals surface area contributed by atoms with Gasteiger partial charge < -0.3 is 29.4 Å². The van der Waals surface area contributed by atoms with Gasteiger partial charge in [-0.2, -0.15) is 5.10 Å². The Morgan fingerprint density at radius 3 is 2.51 bits per heavy atom. The summed E-state index contributed by atoms with van der Waals surface area (Å²) in [6.45, 7) is 16.2. The van der Waals surface area contributed by atoms with Crippen molar-refractivity contribution in [3.63, 3.8) is 0 Å². The standard InChI is InChI=1S/C38H46N6O5/c1-8-39-36(45)30-18-27-29(21-42(7)37(46)34(27)40-30)26-19-31-28(20-32(26)49-35-24(3)10-9-11-25(35)4)33(41-44(31)22-38(5,6)47)23(2)12-13-43-14-16-48-17-15-43/h9-12,18-21,40,47H,8,13-17,22H2,1-7H3,(H,39,45)/b23-12-. The lowest BCUT2D eigenvalue weighted by molar-refractivity contribution is 0.0434. The summed E-state index contributed by atoms with van der Waals surface area (Å²) in [7, 11) is 1.70. The van der Waals surface area contributed by atoms with Gasteiger partial charge in [-0.1, -0.05) is 24.3 Å². The van der Waals surface area contributed by atoms with Crippen LogP contribution in [0.15, 0.2) is 53.5 Å². The molecule has 0 aliphatic carbocycles. The van der Waals surface area contributed by atoms with Crippen LogP contribution in [0, 0.1) is 13.8 Å². The van der Waals surface area contributed by atoms with Crippen molar-refractivity contribution in [2.24, 2.45) is 7.05 Å². The maximum atomic E-state index is 13.4. The van der Waals surface area contributed by atoms with Crippen molar-refractivity contribution in [2.75, 3.05) is 39.4 Å². The van der Waals surface area contributed by atoms with Crippen LogP contribution in [-0.4, -0.2) is 80.2 Å². The molecule has 3 aromatic heterocycles. The molecule has 11 heteroatoms. The summed E-state index contributed by atoms with van der Waals surface area (Å²) >= 11 is 0. The maximum absolute atomic E-state index is 13.4. The number of fused-ring (bicyclic) bond motifs is 2. The van der Waals surface area contributed by atoms with Crippen molar-refractivity contribution in [1.82, 2.24) is 29.5 Å². The largest absolute Gasteiger partial charge is 0.456 e. The van der Waals surface area contributed by atoms with Gasteiger partial charge in [-0.15, -0.1) is 0 Å². The third-order valence-electron chi connectivity index (χ3n) is 8.98. The van der Waals surface area contributed by atoms with Gasteiger partial charge in [0.25, 0.3) is 11.5 Å². The van der Waals surface area contributed by atoms with Crippen LogP contribution in [0.3, 0.4) is 0 Å². The highest BCUT2D eigenvalue weighted by molar-refractivity contribution is 6.05. The van der Waals surface area contributed by atoms with E-state index >= 15 is 0 Å². The molecule has 0 bridgehead atoms. The van der Waals surface area contributed by atoms with Crippen molar-refractivity contribution in [2.45, 2.75) is 53.7 Å². The normalized spacial score (nSPS) is 14.6. The molecular weight excluding hydrogens is 620 g/mol. The Hall–Kier alpha value is -4.71. The fraction of sp³-hybridized carbons (Fsp3) is 0.395. The highest BCUT2D eigenvalue weighted by Gasteiger charge is 2.25. The van der Waals surface area contributed by atoms with Crippen molar-refractivity contribution in [1.29, 1.82) is 0 Å². The second kappa shape index (κ2) is 13.7. The second-order valence-electron chi connectivity index (χ2n) is 13.6. The molecule has 49 heavy (non-hydrogen) atoms. The van der Waals surface area contributed by atoms with Crippen LogP contribution in [0.25, 0.3) is 38.5 Å².